The van der Waals surface area contributed by atoms with Gasteiger partial charge in [-0.1, -0.05) is 107 Å². The zero-order valence-electron chi connectivity index (χ0n) is 72.1. The van der Waals surface area contributed by atoms with Gasteiger partial charge in [0.25, 0.3) is 23.6 Å². The van der Waals surface area contributed by atoms with Crippen molar-refractivity contribution in [1.29, 1.82) is 0 Å². The lowest BCUT2D eigenvalue weighted by atomic mass is 10.1. The molecule has 17 N–H and O–H groups in total. The fraction of sp³-hybridized carbons (Fsp3) is 0.0889. The van der Waals surface area contributed by atoms with Gasteiger partial charge in [0.1, 0.15) is 6.04 Å². The van der Waals surface area contributed by atoms with Gasteiger partial charge in [-0.3, -0.25) is 19.2 Å². The van der Waals surface area contributed by atoms with Crippen LogP contribution in [0.5, 0.6) is 0 Å². The number of nitrogens with zero attached hydrogens (tertiary/aromatic N) is 24. The summed E-state index contributed by atoms with van der Waals surface area (Å²) >= 11 is 27.3. The Kier molecular flexibility index (Phi) is 28.1. The van der Waals surface area contributed by atoms with Gasteiger partial charge in [0.2, 0.25) is 0 Å². The van der Waals surface area contributed by atoms with Crippen LogP contribution in [-0.2, 0) is 0 Å². The van der Waals surface area contributed by atoms with E-state index >= 15 is 0 Å². The van der Waals surface area contributed by atoms with Crippen LogP contribution >= 0.6 is 69.1 Å². The highest BCUT2D eigenvalue weighted by Crippen LogP contribution is 2.31. The summed E-state index contributed by atoms with van der Waals surface area (Å²) in [6.07, 6.45) is 9.08. The van der Waals surface area contributed by atoms with Crippen LogP contribution in [0.3, 0.4) is 0 Å². The fourth-order valence-electron chi connectivity index (χ4n) is 13.4. The summed E-state index contributed by atoms with van der Waals surface area (Å²) < 4.78 is 11.2. The molecule has 0 saturated heterocycles. The van der Waals surface area contributed by atoms with Crippen LogP contribution in [0.25, 0.3) is 66.9 Å². The van der Waals surface area contributed by atoms with Crippen molar-refractivity contribution in [1.82, 2.24) is 140 Å². The third-order valence-corrected chi connectivity index (χ3v) is 22.6. The van der Waals surface area contributed by atoms with Crippen molar-refractivity contribution >= 4 is 185 Å². The zero-order valence-corrected chi connectivity index (χ0v) is 76.8. The van der Waals surface area contributed by atoms with Crippen LogP contribution in [0, 0.1) is 0 Å². The van der Waals surface area contributed by atoms with E-state index in [4.69, 9.17) is 73.8 Å². The Balaban J connectivity index is 0.000000127. The second kappa shape index (κ2) is 41.9. The lowest BCUT2D eigenvalue weighted by molar-refractivity contribution is 0.0904. The zero-order chi connectivity index (χ0) is 96.0. The van der Waals surface area contributed by atoms with E-state index in [1.807, 2.05) is 113 Å². The molecule has 4 atom stereocenters. The molecule has 5 aromatic carbocycles. The van der Waals surface area contributed by atoms with E-state index in [9.17, 15) is 24.3 Å². The second-order valence-corrected chi connectivity index (χ2v) is 33.3. The topological polar surface area (TPSA) is 577 Å². The number of anilines is 12. The number of aliphatic hydroxyl groups is 1. The van der Waals surface area contributed by atoms with E-state index < -0.39 is 54.4 Å². The number of furan rings is 1. The molecule has 0 bridgehead atoms. The highest BCUT2D eigenvalue weighted by Gasteiger charge is 2.29. The van der Waals surface area contributed by atoms with Crippen LogP contribution in [0.15, 0.2) is 258 Å². The van der Waals surface area contributed by atoms with Gasteiger partial charge in [0, 0.05) is 64.9 Å². The Morgan fingerprint density at radius 3 is 1.08 bits per heavy atom. The SMILES string of the molecule is C[C@@H](NC(=O)c1nc(-c2cccs2)cnc1N)c1nnc2ccc(Nc3cccc(Cl)c3)nn12.C[C@@H](NC(=O)c1nc(-c2ccoc2)cnc1N)c1nnc2ccc(Nc3cccc(Cl)c3)nn12.C[C@@H](NC(=O)c1nc(-c2ccsc2)cnc1N)c1nnc2ccc(Nc3cccc(Cl)c3)nn12.Nc1ncc(-c2ccccc2)nc1C(=O)N[C@H](CO)c1nnc2ccc(Nc3cccc(Cl)c3)nn12. The van der Waals surface area contributed by atoms with E-state index in [1.165, 1.54) is 52.1 Å². The molecule has 15 aromatic heterocycles. The Morgan fingerprint density at radius 2 is 0.732 bits per heavy atom. The average molecular weight is 1960 g/mol. The highest BCUT2D eigenvalue weighted by atomic mass is 35.5. The first kappa shape index (κ1) is 92.5. The molecule has 48 heteroatoms. The molecule has 0 aliphatic carbocycles. The molecule has 20 aromatic rings. The molecular weight excluding hydrogens is 1890 g/mol. The van der Waals surface area contributed by atoms with E-state index in [1.54, 1.807) is 150 Å². The number of hydrogen-bond acceptors (Lipinski definition) is 36. The van der Waals surface area contributed by atoms with Crippen LogP contribution in [-0.4, -0.2) is 154 Å². The van der Waals surface area contributed by atoms with Gasteiger partial charge in [-0.15, -0.1) is 72.5 Å². The van der Waals surface area contributed by atoms with Crippen LogP contribution in [0.4, 0.5) is 69.3 Å². The van der Waals surface area contributed by atoms with Gasteiger partial charge >= 0.3 is 0 Å². The number of amides is 4. The first-order valence-electron chi connectivity index (χ1n) is 41.4. The van der Waals surface area contributed by atoms with Crippen molar-refractivity contribution in [2.24, 2.45) is 0 Å². The molecule has 4 amide bonds. The molecular formula is C90H74Cl4N36O6S2. The molecule has 0 fully saturated rings. The maximum Gasteiger partial charge on any atom is 0.274 e. The van der Waals surface area contributed by atoms with Crippen molar-refractivity contribution < 1.29 is 28.7 Å². The number of aliphatic hydroxyl groups excluding tert-OH is 1. The summed E-state index contributed by atoms with van der Waals surface area (Å²) in [5.74, 6) is 1.68. The van der Waals surface area contributed by atoms with E-state index in [2.05, 4.69) is 144 Å². The quantitative estimate of drug-likeness (QED) is 0.0253. The molecule has 0 aliphatic heterocycles. The van der Waals surface area contributed by atoms with Crippen molar-refractivity contribution in [2.45, 2.75) is 44.9 Å². The number of nitrogen functional groups attached to an aromatic ring is 4. The Hall–Kier alpha value is -17.3. The van der Waals surface area contributed by atoms with Crippen LogP contribution in [0.2, 0.25) is 20.1 Å². The first-order valence-corrected chi connectivity index (χ1v) is 44.8. The third kappa shape index (κ3) is 22.0. The molecule has 0 aliphatic rings. The average Bonchev–Trinajstić information content (AvgIpc) is 1.58. The number of rotatable bonds is 25. The monoisotopic (exact) mass is 1960 g/mol. The third-order valence-electron chi connectivity index (χ3n) is 20.1. The van der Waals surface area contributed by atoms with E-state index in [0.717, 1.165) is 38.8 Å². The largest absolute Gasteiger partial charge is 0.472 e. The number of nitrogens with two attached hydrogens (primary N) is 4. The lowest BCUT2D eigenvalue weighted by Gasteiger charge is -2.15. The number of halogens is 4. The smallest absolute Gasteiger partial charge is 0.274 e. The van der Waals surface area contributed by atoms with Gasteiger partial charge < -0.3 is 75.0 Å². The van der Waals surface area contributed by atoms with Crippen LogP contribution < -0.4 is 65.5 Å². The molecule has 20 rings (SSSR count). The minimum absolute atomic E-state index is 0.00404. The van der Waals surface area contributed by atoms with Gasteiger partial charge in [-0.2, -0.15) is 29.4 Å². The summed E-state index contributed by atoms with van der Waals surface area (Å²) in [5, 5.41) is 93.6. The van der Waals surface area contributed by atoms with Crippen molar-refractivity contribution in [3.8, 4) is 44.3 Å². The van der Waals surface area contributed by atoms with Crippen molar-refractivity contribution in [2.75, 3.05) is 50.8 Å². The van der Waals surface area contributed by atoms with Gasteiger partial charge in [0.15, 0.2) is 115 Å². The Labute approximate surface area is 808 Å². The van der Waals surface area contributed by atoms with E-state index in [0.29, 0.717) is 112 Å². The summed E-state index contributed by atoms with van der Waals surface area (Å²) in [6.45, 7) is 4.85. The number of benzene rings is 5. The molecule has 15 heterocycles. The number of carbonyl (C=O) groups is 4. The minimum atomic E-state index is -0.942. The molecule has 0 unspecified atom stereocenters. The number of aromatic nitrogens is 24. The number of fused-ring (bicyclic) bond motifs is 4. The van der Waals surface area contributed by atoms with Crippen LogP contribution in [0.1, 0.15) is 110 Å². The standard InChI is InChI=1S/C24H20ClN9O2.C22H18ClN9O2.2C22H18ClN9OS/c25-15-7-4-8-16(11-15)28-19-9-10-20-31-32-23(34(20)33-19)18(13-35)30-24(36)21-22(26)27-12-17(29-21)14-5-2-1-3-6-14;1-12(26-22(33)19-20(24)25-10-16(28-19)13-7-8-34-11-13)21-30-29-18-6-5-17(31-32(18)21)27-15-4-2-3-14(23)9-15;1-12(26-22(33)19-20(24)25-11-15(28-19)16-6-3-9-34-16)21-30-29-18-8-7-17(31-32(18)21)27-14-5-2-4-13(23)10-14;1-12(26-22(33)19-20(24)25-10-16(28-19)13-7-8-34-11-13)21-30-29-18-6-5-17(31-32(18)21)27-15-4-2-3-14(23)9-15/h1-12,18,35H,13H2,(H2,26,27)(H,28,33)(H,30,36);3*2-12H,1H3,(H2,24,25)(H,26,33)(H,27,31)/t18-;3*12-/m1111/s1. The number of nitrogens with one attached hydrogen (secondary N) is 8. The number of thiophene rings is 2. The van der Waals surface area contributed by atoms with Gasteiger partial charge in [0.05, 0.1) is 89.7 Å². The molecule has 42 nitrogen and oxygen atoms in total. The number of carbonyl (C=O) groups excluding carboxylic acids is 4. The van der Waals surface area contributed by atoms with Gasteiger partial charge in [-0.25, -0.2) is 39.9 Å². The fourth-order valence-corrected chi connectivity index (χ4v) is 15.5. The maximum atomic E-state index is 13.1. The van der Waals surface area contributed by atoms with Gasteiger partial charge in [-0.05, 0) is 171 Å². The lowest BCUT2D eigenvalue weighted by Crippen LogP contribution is -2.33. The summed E-state index contributed by atoms with van der Waals surface area (Å²) in [7, 11) is 0. The minimum Gasteiger partial charge on any atom is -0.472 e. The van der Waals surface area contributed by atoms with E-state index in [-0.39, 0.29) is 51.9 Å². The first-order chi connectivity index (χ1) is 66.9. The number of hydrogen-bond donors (Lipinski definition) is 13. The van der Waals surface area contributed by atoms with Crippen molar-refractivity contribution in [3.63, 3.8) is 0 Å². The summed E-state index contributed by atoms with van der Waals surface area (Å²) in [6, 6.07) is 57.3. The maximum absolute atomic E-state index is 13.1. The normalized spacial score (nSPS) is 11.9. The molecule has 690 valence electrons. The highest BCUT2D eigenvalue weighted by molar-refractivity contribution is 7.13. The Morgan fingerprint density at radius 1 is 0.377 bits per heavy atom. The molecule has 0 saturated carbocycles. The summed E-state index contributed by atoms with van der Waals surface area (Å²) in [4.78, 5) is 86.9. The predicted molar refractivity (Wildman–Crippen MR) is 523 cm³/mol. The second-order valence-electron chi connectivity index (χ2n) is 29.8. The van der Waals surface area contributed by atoms with Crippen molar-refractivity contribution in [3.05, 3.63) is 320 Å². The molecule has 0 spiro atoms. The molecule has 0 radical (unpaired) electrons. The molecule has 138 heavy (non-hydrogen) atoms. The Bertz CT molecular complexity index is 7280. The summed E-state index contributed by atoms with van der Waals surface area (Å²) in [5.41, 5.74) is 33.3. The predicted octanol–water partition coefficient (Wildman–Crippen LogP) is 14.9.